The summed E-state index contributed by atoms with van der Waals surface area (Å²) in [7, 11) is 1.35. The first-order valence-corrected chi connectivity index (χ1v) is 6.87. The lowest BCUT2D eigenvalue weighted by Gasteiger charge is -2.19. The monoisotopic (exact) mass is 302 g/mol. The summed E-state index contributed by atoms with van der Waals surface area (Å²) < 4.78 is 6.48. The van der Waals surface area contributed by atoms with Crippen molar-refractivity contribution in [3.8, 4) is 11.4 Å². The summed E-state index contributed by atoms with van der Waals surface area (Å²) in [6.07, 6.45) is 1.48. The number of fused-ring (bicyclic) bond motifs is 1. The second-order valence-corrected chi connectivity index (χ2v) is 5.04. The van der Waals surface area contributed by atoms with E-state index in [-0.39, 0.29) is 11.7 Å². The van der Waals surface area contributed by atoms with Crippen LogP contribution in [0.15, 0.2) is 24.3 Å². The molecule has 22 heavy (non-hydrogen) atoms. The molecule has 0 radical (unpaired) electrons. The van der Waals surface area contributed by atoms with Gasteiger partial charge in [0.25, 0.3) is 5.69 Å². The maximum absolute atomic E-state index is 11.8. The Balaban J connectivity index is 2.01. The number of hydrogen-bond acceptors (Lipinski definition) is 6. The first kappa shape index (κ1) is 14.2. The lowest BCUT2D eigenvalue weighted by atomic mass is 9.99. The van der Waals surface area contributed by atoms with Gasteiger partial charge in [0.1, 0.15) is 11.7 Å². The Morgan fingerprint density at radius 2 is 2.32 bits per heavy atom. The minimum Gasteiger partial charge on any atom is -0.468 e. The highest BCUT2D eigenvalue weighted by Crippen LogP contribution is 2.29. The number of methoxy groups -OCH3 is 1. The molecule has 1 aromatic carbocycles. The summed E-state index contributed by atoms with van der Waals surface area (Å²) >= 11 is 0. The molecule has 1 atom stereocenters. The number of carbonyl (C=O) groups excluding carboxylic acids is 1. The van der Waals surface area contributed by atoms with E-state index in [0.717, 1.165) is 6.42 Å². The molecular weight excluding hydrogens is 288 g/mol. The maximum atomic E-state index is 11.8. The van der Waals surface area contributed by atoms with Gasteiger partial charge in [-0.15, -0.1) is 0 Å². The van der Waals surface area contributed by atoms with E-state index in [2.05, 4.69) is 10.1 Å². The molecule has 2 aromatic rings. The number of hydrogen-bond donors (Lipinski definition) is 0. The van der Waals surface area contributed by atoms with Crippen LogP contribution in [0.25, 0.3) is 11.4 Å². The molecule has 2 heterocycles. The van der Waals surface area contributed by atoms with Gasteiger partial charge in [-0.1, -0.05) is 12.1 Å². The topological polar surface area (TPSA) is 100 Å². The first-order valence-electron chi connectivity index (χ1n) is 6.87. The third-order valence-electron chi connectivity index (χ3n) is 3.68. The first-order chi connectivity index (χ1) is 10.6. The van der Waals surface area contributed by atoms with Crippen LogP contribution in [0.3, 0.4) is 0 Å². The molecule has 1 unspecified atom stereocenters. The summed E-state index contributed by atoms with van der Waals surface area (Å²) in [6.45, 7) is 0.671. The van der Waals surface area contributed by atoms with Crippen molar-refractivity contribution in [2.75, 3.05) is 7.11 Å². The van der Waals surface area contributed by atoms with Crippen LogP contribution in [-0.4, -0.2) is 32.8 Å². The SMILES string of the molecule is COC(=O)C1CCCn2nc(-c3cccc([N+](=O)[O-])c3)nc21. The fourth-order valence-corrected chi connectivity index (χ4v) is 2.60. The minimum atomic E-state index is -0.462. The number of nitro benzene ring substituents is 1. The van der Waals surface area contributed by atoms with Gasteiger partial charge in [0.05, 0.1) is 12.0 Å². The fraction of sp³-hybridized carbons (Fsp3) is 0.357. The summed E-state index contributed by atoms with van der Waals surface area (Å²) in [5.74, 6) is 0.173. The Kier molecular flexibility index (Phi) is 3.58. The average Bonchev–Trinajstić information content (AvgIpc) is 2.98. The van der Waals surface area contributed by atoms with Gasteiger partial charge in [-0.2, -0.15) is 5.10 Å². The second-order valence-electron chi connectivity index (χ2n) is 5.04. The smallest absolute Gasteiger partial charge is 0.316 e. The average molecular weight is 302 g/mol. The van der Waals surface area contributed by atoms with Crippen LogP contribution in [0.2, 0.25) is 0 Å². The highest BCUT2D eigenvalue weighted by molar-refractivity contribution is 5.77. The minimum absolute atomic E-state index is 0.0187. The second kappa shape index (κ2) is 5.55. The third-order valence-corrected chi connectivity index (χ3v) is 3.68. The number of ether oxygens (including phenoxy) is 1. The van der Waals surface area contributed by atoms with E-state index in [4.69, 9.17) is 4.74 Å². The van der Waals surface area contributed by atoms with Gasteiger partial charge in [-0.25, -0.2) is 9.67 Å². The van der Waals surface area contributed by atoms with Crippen LogP contribution in [0.5, 0.6) is 0 Å². The van der Waals surface area contributed by atoms with Crippen LogP contribution < -0.4 is 0 Å². The molecule has 1 aliphatic rings. The highest BCUT2D eigenvalue weighted by atomic mass is 16.6. The van der Waals surface area contributed by atoms with Gasteiger partial charge < -0.3 is 4.74 Å². The number of rotatable bonds is 3. The van der Waals surface area contributed by atoms with E-state index < -0.39 is 10.8 Å². The molecule has 3 rings (SSSR count). The van der Waals surface area contributed by atoms with Gasteiger partial charge in [-0.3, -0.25) is 14.9 Å². The summed E-state index contributed by atoms with van der Waals surface area (Å²) in [5.41, 5.74) is 0.537. The van der Waals surface area contributed by atoms with Gasteiger partial charge in [-0.05, 0) is 12.8 Å². The molecule has 8 heteroatoms. The molecular formula is C14H14N4O4. The number of non-ortho nitro benzene ring substituents is 1. The largest absolute Gasteiger partial charge is 0.468 e. The number of nitrogens with zero attached hydrogens (tertiary/aromatic N) is 4. The maximum Gasteiger partial charge on any atom is 0.316 e. The number of nitro groups is 1. The van der Waals surface area contributed by atoms with Crippen LogP contribution >= 0.6 is 0 Å². The van der Waals surface area contributed by atoms with E-state index >= 15 is 0 Å². The highest BCUT2D eigenvalue weighted by Gasteiger charge is 2.31. The standard InChI is InChI=1S/C14H14N4O4/c1-22-14(19)11-6-3-7-17-13(11)15-12(16-17)9-4-2-5-10(8-9)18(20)21/h2,4-5,8,11H,3,6-7H2,1H3. The van der Waals surface area contributed by atoms with Gasteiger partial charge in [0.2, 0.25) is 0 Å². The molecule has 0 fully saturated rings. The number of esters is 1. The van der Waals surface area contributed by atoms with Crippen molar-refractivity contribution in [2.24, 2.45) is 0 Å². The quantitative estimate of drug-likeness (QED) is 0.487. The molecule has 0 bridgehead atoms. The summed E-state index contributed by atoms with van der Waals surface area (Å²) in [6, 6.07) is 6.14. The van der Waals surface area contributed by atoms with Gasteiger partial charge >= 0.3 is 5.97 Å². The molecule has 0 N–H and O–H groups in total. The van der Waals surface area contributed by atoms with Crippen molar-refractivity contribution in [2.45, 2.75) is 25.3 Å². The number of aromatic nitrogens is 3. The molecule has 0 amide bonds. The van der Waals surface area contributed by atoms with E-state index in [1.54, 1.807) is 16.8 Å². The zero-order valence-corrected chi connectivity index (χ0v) is 11.9. The zero-order valence-electron chi connectivity index (χ0n) is 11.9. The van der Waals surface area contributed by atoms with Crippen LogP contribution in [0.1, 0.15) is 24.6 Å². The van der Waals surface area contributed by atoms with Crippen molar-refractivity contribution in [3.63, 3.8) is 0 Å². The predicted molar refractivity (Wildman–Crippen MR) is 76.1 cm³/mol. The lowest BCUT2D eigenvalue weighted by Crippen LogP contribution is -2.24. The van der Waals surface area contributed by atoms with Crippen molar-refractivity contribution in [1.82, 2.24) is 14.8 Å². The van der Waals surface area contributed by atoms with Crippen molar-refractivity contribution in [1.29, 1.82) is 0 Å². The normalized spacial score (nSPS) is 16.9. The van der Waals surface area contributed by atoms with E-state index in [1.165, 1.54) is 19.2 Å². The molecule has 114 valence electrons. The third kappa shape index (κ3) is 2.43. The lowest BCUT2D eigenvalue weighted by molar-refractivity contribution is -0.384. The Hall–Kier alpha value is -2.77. The molecule has 0 aliphatic carbocycles. The number of aryl methyl sites for hydroxylation is 1. The predicted octanol–water partition coefficient (Wildman–Crippen LogP) is 1.90. The van der Waals surface area contributed by atoms with Gasteiger partial charge in [0, 0.05) is 24.2 Å². The van der Waals surface area contributed by atoms with E-state index in [9.17, 15) is 14.9 Å². The summed E-state index contributed by atoms with van der Waals surface area (Å²) in [4.78, 5) is 26.6. The number of carbonyl (C=O) groups is 1. The fourth-order valence-electron chi connectivity index (χ4n) is 2.60. The number of benzene rings is 1. The summed E-state index contributed by atoms with van der Waals surface area (Å²) in [5, 5.41) is 15.2. The van der Waals surface area contributed by atoms with Crippen molar-refractivity contribution >= 4 is 11.7 Å². The Morgan fingerprint density at radius 1 is 1.50 bits per heavy atom. The molecule has 1 aliphatic heterocycles. The zero-order chi connectivity index (χ0) is 15.7. The molecule has 0 saturated carbocycles. The van der Waals surface area contributed by atoms with E-state index in [1.807, 2.05) is 0 Å². The Bertz CT molecular complexity index is 740. The van der Waals surface area contributed by atoms with Crippen LogP contribution in [-0.2, 0) is 16.1 Å². The van der Waals surface area contributed by atoms with Crippen LogP contribution in [0, 0.1) is 10.1 Å². The van der Waals surface area contributed by atoms with Crippen LogP contribution in [0.4, 0.5) is 5.69 Å². The Labute approximate surface area is 125 Å². The van der Waals surface area contributed by atoms with Crippen molar-refractivity contribution < 1.29 is 14.5 Å². The Morgan fingerprint density at radius 3 is 3.05 bits per heavy atom. The molecule has 1 aromatic heterocycles. The molecule has 0 spiro atoms. The molecule has 8 nitrogen and oxygen atoms in total. The van der Waals surface area contributed by atoms with Crippen molar-refractivity contribution in [3.05, 3.63) is 40.2 Å². The van der Waals surface area contributed by atoms with Gasteiger partial charge in [0.15, 0.2) is 5.82 Å². The molecule has 0 saturated heterocycles. The van der Waals surface area contributed by atoms with E-state index in [0.29, 0.717) is 30.2 Å².